The summed E-state index contributed by atoms with van der Waals surface area (Å²) in [5.41, 5.74) is 15.3. The molecule has 0 heterocycles. The fourth-order valence-electron chi connectivity index (χ4n) is 11.2. The Kier molecular flexibility index (Phi) is 10.5. The summed E-state index contributed by atoms with van der Waals surface area (Å²) in [7, 11) is 0. The van der Waals surface area contributed by atoms with E-state index in [0.29, 0.717) is 5.92 Å². The van der Waals surface area contributed by atoms with Crippen LogP contribution in [0.25, 0.3) is 22.3 Å². The molecule has 0 spiro atoms. The summed E-state index contributed by atoms with van der Waals surface area (Å²) in [6.07, 6.45) is 8.59. The van der Waals surface area contributed by atoms with E-state index in [4.69, 9.17) is 27.4 Å². The molecule has 5 heteroatoms. The zero-order valence-corrected chi connectivity index (χ0v) is 39.9. The fourth-order valence-corrected chi connectivity index (χ4v) is 30.6. The molecule has 288 valence electrons. The number of fused-ring (bicyclic) bond motifs is 5. The normalized spacial score (nSPS) is 19.2. The molecule has 0 N–H and O–H groups in total. The minimum absolute atomic E-state index is 0. The summed E-state index contributed by atoms with van der Waals surface area (Å²) in [6, 6.07) is 27.8. The summed E-state index contributed by atoms with van der Waals surface area (Å²) in [4.78, 5) is 0. The number of benzene rings is 4. The van der Waals surface area contributed by atoms with Gasteiger partial charge < -0.3 is 0 Å². The average Bonchev–Trinajstić information content (AvgIpc) is 3.80. The van der Waals surface area contributed by atoms with Crippen LogP contribution in [0, 0.1) is 17.3 Å². The van der Waals surface area contributed by atoms with Crippen LogP contribution in [-0.4, -0.2) is 4.21 Å². The number of hydrogen-bond donors (Lipinski definition) is 0. The molecule has 55 heavy (non-hydrogen) atoms. The van der Waals surface area contributed by atoms with Gasteiger partial charge in [0.15, 0.2) is 0 Å². The van der Waals surface area contributed by atoms with Crippen molar-refractivity contribution in [2.24, 2.45) is 17.3 Å². The van der Waals surface area contributed by atoms with Gasteiger partial charge in [-0.05, 0) is 0 Å². The van der Waals surface area contributed by atoms with Crippen LogP contribution in [0.15, 0.2) is 103 Å². The van der Waals surface area contributed by atoms with Gasteiger partial charge in [0.1, 0.15) is 0 Å². The van der Waals surface area contributed by atoms with Gasteiger partial charge in [0.25, 0.3) is 0 Å². The molecule has 0 radical (unpaired) electrons. The summed E-state index contributed by atoms with van der Waals surface area (Å²) >= 11 is 8.26. The van der Waals surface area contributed by atoms with Gasteiger partial charge in [0.05, 0.1) is 0 Å². The van der Waals surface area contributed by atoms with Crippen molar-refractivity contribution in [3.63, 3.8) is 0 Å². The topological polar surface area (TPSA) is 0 Å². The summed E-state index contributed by atoms with van der Waals surface area (Å²) in [6.45, 7) is 26.2. The number of halogens is 4. The third-order valence-corrected chi connectivity index (χ3v) is 31.6. The number of rotatable bonds is 5. The molecular weight excluding hydrogens is 834 g/mol. The Morgan fingerprint density at radius 2 is 1.22 bits per heavy atom. The Balaban J connectivity index is 0.00000257. The van der Waals surface area contributed by atoms with Gasteiger partial charge in [-0.15, -0.1) is 24.8 Å². The van der Waals surface area contributed by atoms with Crippen LogP contribution in [0.2, 0.25) is 10.0 Å². The fraction of sp³-hybridized carbons (Fsp3) is 0.340. The van der Waals surface area contributed by atoms with Gasteiger partial charge in [-0.2, -0.15) is 0 Å². The first-order valence-corrected chi connectivity index (χ1v) is 26.9. The molecule has 1 atom stereocenters. The molecule has 0 saturated carbocycles. The van der Waals surface area contributed by atoms with E-state index in [1.165, 1.54) is 74.3 Å². The second kappa shape index (κ2) is 13.7. The van der Waals surface area contributed by atoms with Crippen molar-refractivity contribution in [3.8, 4) is 11.1 Å². The zero-order valence-electron chi connectivity index (χ0n) is 34.3. The molecule has 0 bridgehead atoms. The molecule has 1 unspecified atom stereocenters. The molecular formula is C50H56Cl4Zr. The molecule has 4 aliphatic carbocycles. The number of allylic oxidation sites excluding steroid dienone is 8. The summed E-state index contributed by atoms with van der Waals surface area (Å²) in [5, 5.41) is 1.50. The molecule has 0 fully saturated rings. The van der Waals surface area contributed by atoms with Crippen LogP contribution in [-0.2, 0) is 35.5 Å². The third-order valence-electron chi connectivity index (χ3n) is 13.7. The molecule has 0 aromatic heterocycles. The van der Waals surface area contributed by atoms with Crippen molar-refractivity contribution in [1.82, 2.24) is 0 Å². The first-order valence-electron chi connectivity index (χ1n) is 19.4. The van der Waals surface area contributed by atoms with E-state index in [1.54, 1.807) is 0 Å². The number of hydrogen-bond acceptors (Lipinski definition) is 0. The third kappa shape index (κ3) is 5.95. The Hall–Kier alpha value is -2.25. The van der Waals surface area contributed by atoms with Gasteiger partial charge in [-0.25, -0.2) is 0 Å². The van der Waals surface area contributed by atoms with E-state index in [1.807, 2.05) is 0 Å². The maximum atomic E-state index is 6.72. The van der Waals surface area contributed by atoms with Crippen molar-refractivity contribution in [2.75, 3.05) is 0 Å². The van der Waals surface area contributed by atoms with Crippen LogP contribution in [0.1, 0.15) is 110 Å². The van der Waals surface area contributed by atoms with Gasteiger partial charge in [-0.3, -0.25) is 0 Å². The average molecular weight is 890 g/mol. The Labute approximate surface area is 353 Å². The molecule has 0 saturated heterocycles. The monoisotopic (exact) mass is 886 g/mol. The SMILES string of the molecule is Cl.Cl.[CH2]=[Zr]([C]1=CC(C(C)(C)C)=CC1C(C)C)([C]1=C(C)c2cc3c(cc2C1(C)C)Cc1cc2c(cc1-3)C(C)=CC2(C)C)([c]1ccc(Cl)cc1)[c]1ccc(Cl)cc1. The predicted octanol–water partition coefficient (Wildman–Crippen LogP) is 14.0. The van der Waals surface area contributed by atoms with E-state index >= 15 is 0 Å². The molecule has 4 aromatic rings. The van der Waals surface area contributed by atoms with Gasteiger partial charge in [0, 0.05) is 0 Å². The van der Waals surface area contributed by atoms with Crippen LogP contribution in [0.4, 0.5) is 0 Å². The maximum absolute atomic E-state index is 6.72. The summed E-state index contributed by atoms with van der Waals surface area (Å²) < 4.78 is 11.6. The minimum atomic E-state index is -5.18. The van der Waals surface area contributed by atoms with Crippen molar-refractivity contribution in [1.29, 1.82) is 0 Å². The van der Waals surface area contributed by atoms with E-state index in [-0.39, 0.29) is 47.0 Å². The first-order chi connectivity index (χ1) is 24.7. The van der Waals surface area contributed by atoms with Crippen molar-refractivity contribution >= 4 is 69.9 Å². The van der Waals surface area contributed by atoms with Gasteiger partial charge >= 0.3 is 332 Å². The standard InChI is InChI=1S/C25H25.C12H19.2C6H4Cl.CH2.2ClH.Zr/c1-14-12-24(3,4)22-8-16-7-17-9-23-19(15(2)13-25(23,5)6)11-21(17)20(16)10-18(14)22;1-9(2)10-6-7-11(8-10)12(3,4)5;2*7-6-4-2-1-3-5-6;;;;/h8-12H,7H2,1-6H3;7-10H,1-5H3;2*2-5H;1H2;2*1H;. The molecule has 4 aliphatic rings. The van der Waals surface area contributed by atoms with E-state index in [9.17, 15) is 0 Å². The Bertz CT molecular complexity index is 2410. The Morgan fingerprint density at radius 1 is 0.727 bits per heavy atom. The second-order valence-electron chi connectivity index (χ2n) is 19.2. The Morgan fingerprint density at radius 3 is 1.71 bits per heavy atom. The first kappa shape index (κ1) is 42.4. The van der Waals surface area contributed by atoms with Crippen molar-refractivity contribution in [2.45, 2.75) is 93.4 Å². The molecule has 0 aliphatic heterocycles. The van der Waals surface area contributed by atoms with Crippen molar-refractivity contribution < 1.29 is 18.3 Å². The van der Waals surface area contributed by atoms with E-state index in [0.717, 1.165) is 16.5 Å². The van der Waals surface area contributed by atoms with Crippen LogP contribution in [0.3, 0.4) is 0 Å². The second-order valence-corrected chi connectivity index (χ2v) is 32.7. The zero-order chi connectivity index (χ0) is 38.2. The molecule has 4 aromatic carbocycles. The van der Waals surface area contributed by atoms with Crippen molar-refractivity contribution in [3.05, 3.63) is 147 Å². The predicted molar refractivity (Wildman–Crippen MR) is 245 cm³/mol. The van der Waals surface area contributed by atoms with E-state index in [2.05, 4.69) is 167 Å². The van der Waals surface area contributed by atoms with E-state index < -0.39 is 18.3 Å². The quantitative estimate of drug-likeness (QED) is 0.165. The van der Waals surface area contributed by atoms with Crippen LogP contribution >= 0.6 is 48.0 Å². The van der Waals surface area contributed by atoms with Gasteiger partial charge in [-0.1, -0.05) is 0 Å². The molecule has 8 rings (SSSR count). The van der Waals surface area contributed by atoms with Crippen LogP contribution in [0.5, 0.6) is 0 Å². The van der Waals surface area contributed by atoms with Gasteiger partial charge in [0.2, 0.25) is 0 Å². The van der Waals surface area contributed by atoms with Crippen LogP contribution < -0.4 is 6.54 Å². The molecule has 0 amide bonds. The summed E-state index contributed by atoms with van der Waals surface area (Å²) in [5.74, 6) is 0.644. The molecule has 0 nitrogen and oxygen atoms in total.